The molecule has 0 aliphatic heterocycles. The van der Waals surface area contributed by atoms with Gasteiger partial charge in [0, 0.05) is 31.7 Å². The molecule has 1 N–H and O–H groups in total. The maximum absolute atomic E-state index is 5.54. The van der Waals surface area contributed by atoms with E-state index >= 15 is 0 Å². The minimum absolute atomic E-state index is 0.682. The van der Waals surface area contributed by atoms with E-state index in [4.69, 9.17) is 4.42 Å². The van der Waals surface area contributed by atoms with Gasteiger partial charge < -0.3 is 14.6 Å². The number of nitrogens with one attached hydrogen (secondary N) is 1. The molecule has 0 aromatic carbocycles. The Morgan fingerprint density at radius 2 is 2.00 bits per heavy atom. The highest BCUT2D eigenvalue weighted by atomic mass is 16.3. The molecule has 1 aromatic heterocycles. The Bertz CT molecular complexity index is 347. The monoisotopic (exact) mass is 267 g/mol. The van der Waals surface area contributed by atoms with E-state index in [0.29, 0.717) is 5.92 Å². The highest BCUT2D eigenvalue weighted by Crippen LogP contribution is 2.14. The Morgan fingerprint density at radius 1 is 1.26 bits per heavy atom. The zero-order chi connectivity index (χ0) is 14.3. The molecule has 0 saturated carbocycles. The molecule has 1 rings (SSSR count). The summed E-state index contributed by atoms with van der Waals surface area (Å²) in [7, 11) is 6.19. The first-order chi connectivity index (χ1) is 9.02. The molecule has 0 aliphatic carbocycles. The third-order valence-electron chi connectivity index (χ3n) is 3.06. The van der Waals surface area contributed by atoms with Crippen LogP contribution in [0.3, 0.4) is 0 Å². The van der Waals surface area contributed by atoms with Gasteiger partial charge in [-0.05, 0) is 33.1 Å². The van der Waals surface area contributed by atoms with Gasteiger partial charge >= 0.3 is 0 Å². The average Bonchev–Trinajstić information content (AvgIpc) is 2.73. The molecule has 0 saturated heterocycles. The minimum atomic E-state index is 0.682. The number of hydrogen-bond acceptors (Lipinski definition) is 4. The lowest BCUT2D eigenvalue weighted by Gasteiger charge is -2.25. The number of likely N-dealkylation sites (N-methyl/N-ethyl adjacent to an activating group) is 1. The Balaban J connectivity index is 2.61. The number of nitrogens with zero attached hydrogens (tertiary/aromatic N) is 2. The lowest BCUT2D eigenvalue weighted by Crippen LogP contribution is -2.34. The van der Waals surface area contributed by atoms with Gasteiger partial charge in [-0.25, -0.2) is 0 Å². The van der Waals surface area contributed by atoms with Crippen molar-refractivity contribution in [1.29, 1.82) is 0 Å². The van der Waals surface area contributed by atoms with Gasteiger partial charge in [0.2, 0.25) is 0 Å². The SMILES string of the molecule is CNCc1occc1CN(CCN(C)C)CC(C)C. The molecule has 4 nitrogen and oxygen atoms in total. The third kappa shape index (κ3) is 6.23. The van der Waals surface area contributed by atoms with E-state index in [1.54, 1.807) is 6.26 Å². The zero-order valence-corrected chi connectivity index (χ0v) is 13.1. The van der Waals surface area contributed by atoms with Gasteiger partial charge in [0.05, 0.1) is 12.8 Å². The van der Waals surface area contributed by atoms with Gasteiger partial charge in [-0.2, -0.15) is 0 Å². The zero-order valence-electron chi connectivity index (χ0n) is 13.1. The molecule has 0 spiro atoms. The first-order valence-electron chi connectivity index (χ1n) is 7.09. The summed E-state index contributed by atoms with van der Waals surface area (Å²) in [5.74, 6) is 1.74. The van der Waals surface area contributed by atoms with E-state index in [1.165, 1.54) is 5.56 Å². The van der Waals surface area contributed by atoms with Crippen LogP contribution in [0.25, 0.3) is 0 Å². The summed E-state index contributed by atoms with van der Waals surface area (Å²) in [6.45, 7) is 9.61. The molecule has 1 heterocycles. The van der Waals surface area contributed by atoms with Crippen LogP contribution < -0.4 is 5.32 Å². The van der Waals surface area contributed by atoms with Crippen molar-refractivity contribution in [3.63, 3.8) is 0 Å². The van der Waals surface area contributed by atoms with Gasteiger partial charge in [0.15, 0.2) is 0 Å². The van der Waals surface area contributed by atoms with Gasteiger partial charge in [-0.1, -0.05) is 13.8 Å². The van der Waals surface area contributed by atoms with Crippen molar-refractivity contribution < 1.29 is 4.42 Å². The predicted octanol–water partition coefficient (Wildman–Crippen LogP) is 2.02. The van der Waals surface area contributed by atoms with Gasteiger partial charge in [-0.3, -0.25) is 4.90 Å². The second kappa shape index (κ2) is 8.35. The smallest absolute Gasteiger partial charge is 0.122 e. The van der Waals surface area contributed by atoms with Crippen molar-refractivity contribution in [2.24, 2.45) is 5.92 Å². The highest BCUT2D eigenvalue weighted by Gasteiger charge is 2.12. The molecule has 0 amide bonds. The van der Waals surface area contributed by atoms with Crippen molar-refractivity contribution in [1.82, 2.24) is 15.1 Å². The van der Waals surface area contributed by atoms with Crippen molar-refractivity contribution in [2.75, 3.05) is 40.8 Å². The summed E-state index contributed by atoms with van der Waals surface area (Å²) in [6.07, 6.45) is 1.79. The van der Waals surface area contributed by atoms with Crippen LogP contribution in [0.1, 0.15) is 25.2 Å². The van der Waals surface area contributed by atoms with E-state index in [1.807, 2.05) is 7.05 Å². The van der Waals surface area contributed by atoms with E-state index in [-0.39, 0.29) is 0 Å². The van der Waals surface area contributed by atoms with Crippen molar-refractivity contribution in [2.45, 2.75) is 26.9 Å². The van der Waals surface area contributed by atoms with E-state index < -0.39 is 0 Å². The van der Waals surface area contributed by atoms with E-state index in [9.17, 15) is 0 Å². The molecule has 0 aliphatic rings. The largest absolute Gasteiger partial charge is 0.468 e. The van der Waals surface area contributed by atoms with Crippen LogP contribution in [0.4, 0.5) is 0 Å². The molecular weight excluding hydrogens is 238 g/mol. The molecule has 0 atom stereocenters. The van der Waals surface area contributed by atoms with Crippen LogP contribution in [0.5, 0.6) is 0 Å². The standard InChI is InChI=1S/C15H29N3O/c1-13(2)11-18(8-7-17(4)5)12-14-6-9-19-15(14)10-16-3/h6,9,13,16H,7-8,10-12H2,1-5H3. The predicted molar refractivity (Wildman–Crippen MR) is 80.1 cm³/mol. The molecule has 0 radical (unpaired) electrons. The number of rotatable bonds is 9. The average molecular weight is 267 g/mol. The second-order valence-corrected chi connectivity index (χ2v) is 5.83. The fraction of sp³-hybridized carbons (Fsp3) is 0.733. The fourth-order valence-electron chi connectivity index (χ4n) is 2.16. The van der Waals surface area contributed by atoms with Gasteiger partial charge in [0.25, 0.3) is 0 Å². The minimum Gasteiger partial charge on any atom is -0.468 e. The Labute approximate surface area is 117 Å². The Kier molecular flexibility index (Phi) is 7.13. The summed E-state index contributed by atoms with van der Waals surface area (Å²) >= 11 is 0. The quantitative estimate of drug-likeness (QED) is 0.742. The topological polar surface area (TPSA) is 31.7 Å². The van der Waals surface area contributed by atoms with Gasteiger partial charge in [-0.15, -0.1) is 0 Å². The van der Waals surface area contributed by atoms with Crippen molar-refractivity contribution >= 4 is 0 Å². The summed E-state index contributed by atoms with van der Waals surface area (Å²) in [5, 5.41) is 3.15. The highest BCUT2D eigenvalue weighted by molar-refractivity contribution is 5.16. The normalized spacial score (nSPS) is 12.0. The van der Waals surface area contributed by atoms with Crippen LogP contribution in [-0.4, -0.2) is 50.6 Å². The molecule has 1 aromatic rings. The molecule has 0 fully saturated rings. The van der Waals surface area contributed by atoms with Crippen molar-refractivity contribution in [3.8, 4) is 0 Å². The Hall–Kier alpha value is -0.840. The third-order valence-corrected chi connectivity index (χ3v) is 3.06. The molecule has 0 unspecified atom stereocenters. The first kappa shape index (κ1) is 16.2. The molecule has 19 heavy (non-hydrogen) atoms. The van der Waals surface area contributed by atoms with Crippen LogP contribution in [-0.2, 0) is 13.1 Å². The summed E-state index contributed by atoms with van der Waals surface area (Å²) in [6, 6.07) is 2.09. The fourth-order valence-corrected chi connectivity index (χ4v) is 2.16. The Morgan fingerprint density at radius 3 is 2.58 bits per heavy atom. The molecule has 110 valence electrons. The van der Waals surface area contributed by atoms with E-state index in [0.717, 1.165) is 38.5 Å². The number of hydrogen-bond donors (Lipinski definition) is 1. The maximum atomic E-state index is 5.54. The molecule has 4 heteroatoms. The van der Waals surface area contributed by atoms with Crippen LogP contribution in [0, 0.1) is 5.92 Å². The summed E-state index contributed by atoms with van der Waals surface area (Å²) < 4.78 is 5.54. The number of furan rings is 1. The van der Waals surface area contributed by atoms with Crippen LogP contribution in [0.15, 0.2) is 16.7 Å². The molecular formula is C15H29N3O. The molecule has 0 bridgehead atoms. The second-order valence-electron chi connectivity index (χ2n) is 5.83. The summed E-state index contributed by atoms with van der Waals surface area (Å²) in [5.41, 5.74) is 1.30. The van der Waals surface area contributed by atoms with Crippen LogP contribution in [0.2, 0.25) is 0 Å². The lowest BCUT2D eigenvalue weighted by molar-refractivity contribution is 0.210. The van der Waals surface area contributed by atoms with Gasteiger partial charge in [0.1, 0.15) is 5.76 Å². The first-order valence-corrected chi connectivity index (χ1v) is 7.09. The lowest BCUT2D eigenvalue weighted by atomic mass is 10.1. The maximum Gasteiger partial charge on any atom is 0.122 e. The summed E-state index contributed by atoms with van der Waals surface area (Å²) in [4.78, 5) is 4.74. The van der Waals surface area contributed by atoms with Crippen LogP contribution >= 0.6 is 0 Å². The van der Waals surface area contributed by atoms with Crippen molar-refractivity contribution in [3.05, 3.63) is 23.7 Å². The van der Waals surface area contributed by atoms with E-state index in [2.05, 4.69) is 49.1 Å².